The molecule has 0 atom stereocenters. The van der Waals surface area contributed by atoms with Crippen molar-refractivity contribution in [3.8, 4) is 0 Å². The van der Waals surface area contributed by atoms with Crippen molar-refractivity contribution in [1.29, 1.82) is 0 Å². The lowest BCUT2D eigenvalue weighted by molar-refractivity contribution is 0.599. The fraction of sp³-hybridized carbons (Fsp3) is 0. The van der Waals surface area contributed by atoms with Gasteiger partial charge in [0.15, 0.2) is 0 Å². The number of benzene rings is 4. The summed E-state index contributed by atoms with van der Waals surface area (Å²) in [5.41, 5.74) is -0.0308. The molecule has 0 aromatic heterocycles. The van der Waals surface area contributed by atoms with Crippen molar-refractivity contribution in [3.63, 3.8) is 0 Å². The van der Waals surface area contributed by atoms with Gasteiger partial charge in [-0.25, -0.2) is 16.8 Å². The zero-order chi connectivity index (χ0) is 24.7. The van der Waals surface area contributed by atoms with Gasteiger partial charge in [-0.3, -0.25) is 9.44 Å². The third-order valence-electron chi connectivity index (χ3n) is 4.74. The number of nitrogens with one attached hydrogen (secondary N) is 2. The van der Waals surface area contributed by atoms with Gasteiger partial charge in [-0.2, -0.15) is 0 Å². The van der Waals surface area contributed by atoms with E-state index in [1.54, 1.807) is 24.3 Å². The summed E-state index contributed by atoms with van der Waals surface area (Å²) in [6.45, 7) is 0. The molecule has 0 saturated heterocycles. The molecule has 0 radical (unpaired) electrons. The number of sulfonamides is 2. The number of rotatable bonds is 6. The van der Waals surface area contributed by atoms with Crippen LogP contribution in [0.25, 0.3) is 10.8 Å². The van der Waals surface area contributed by atoms with Gasteiger partial charge in [0.25, 0.3) is 20.0 Å². The highest BCUT2D eigenvalue weighted by Crippen LogP contribution is 2.35. The second-order valence-electron chi connectivity index (χ2n) is 7.11. The van der Waals surface area contributed by atoms with Gasteiger partial charge in [-0.05, 0) is 59.3 Å². The third kappa shape index (κ3) is 5.22. The van der Waals surface area contributed by atoms with E-state index in [9.17, 15) is 16.8 Å². The fourth-order valence-corrected chi connectivity index (χ4v) is 6.88. The van der Waals surface area contributed by atoms with E-state index in [2.05, 4.69) is 9.44 Å². The summed E-state index contributed by atoms with van der Waals surface area (Å²) in [5.74, 6) is 0. The molecule has 176 valence electrons. The Hall–Kier alpha value is -2.20. The lowest BCUT2D eigenvalue weighted by atomic mass is 10.1. The summed E-state index contributed by atoms with van der Waals surface area (Å²) in [4.78, 5) is -0.442. The van der Waals surface area contributed by atoms with E-state index >= 15 is 0 Å². The normalized spacial score (nSPS) is 12.0. The summed E-state index contributed by atoms with van der Waals surface area (Å²) < 4.78 is 57.2. The number of hydrogen-bond acceptors (Lipinski definition) is 4. The molecule has 12 heteroatoms. The van der Waals surface area contributed by atoms with E-state index in [0.29, 0.717) is 10.8 Å². The number of hydrogen-bond donors (Lipinski definition) is 2. The van der Waals surface area contributed by atoms with E-state index in [1.165, 1.54) is 48.5 Å². The Kier molecular flexibility index (Phi) is 6.92. The maximum atomic E-state index is 13.1. The maximum Gasteiger partial charge on any atom is 0.263 e. The number of anilines is 2. The number of fused-ring (bicyclic) bond motifs is 1. The SMILES string of the molecule is O=S(=O)(Nc1cc2ccccc2cc1NS(=O)(=O)c1ccc(Cl)cc1Cl)c1ccc(Cl)cc1Cl. The van der Waals surface area contributed by atoms with Gasteiger partial charge in [-0.15, -0.1) is 0 Å². The van der Waals surface area contributed by atoms with Crippen LogP contribution in [0.3, 0.4) is 0 Å². The molecule has 0 fully saturated rings. The molecule has 4 aromatic rings. The van der Waals surface area contributed by atoms with Crippen LogP contribution in [-0.4, -0.2) is 16.8 Å². The van der Waals surface area contributed by atoms with Crippen LogP contribution in [0.2, 0.25) is 20.1 Å². The molecule has 0 saturated carbocycles. The smallest absolute Gasteiger partial charge is 0.263 e. The second kappa shape index (κ2) is 9.45. The predicted molar refractivity (Wildman–Crippen MR) is 138 cm³/mol. The first kappa shape index (κ1) is 24.9. The van der Waals surface area contributed by atoms with Crippen LogP contribution in [0.4, 0.5) is 11.4 Å². The van der Waals surface area contributed by atoms with Crippen LogP contribution >= 0.6 is 46.4 Å². The Morgan fingerprint density at radius 2 is 0.912 bits per heavy atom. The highest BCUT2D eigenvalue weighted by Gasteiger charge is 2.24. The minimum absolute atomic E-state index is 0.0154. The first-order valence-corrected chi connectivity index (χ1v) is 13.9. The molecule has 0 amide bonds. The molecule has 6 nitrogen and oxygen atoms in total. The molecule has 0 bridgehead atoms. The van der Waals surface area contributed by atoms with Crippen LogP contribution in [0.15, 0.2) is 82.6 Å². The summed E-state index contributed by atoms with van der Waals surface area (Å²) >= 11 is 23.9. The van der Waals surface area contributed by atoms with Crippen LogP contribution in [0, 0.1) is 0 Å². The Morgan fingerprint density at radius 3 is 1.26 bits per heavy atom. The maximum absolute atomic E-state index is 13.1. The Bertz CT molecular complexity index is 1520. The van der Waals surface area contributed by atoms with Crippen LogP contribution in [-0.2, 0) is 20.0 Å². The predicted octanol–water partition coefficient (Wildman–Crippen LogP) is 7.06. The summed E-state index contributed by atoms with van der Waals surface area (Å²) in [7, 11) is -8.41. The van der Waals surface area contributed by atoms with Crippen LogP contribution in [0.5, 0.6) is 0 Å². The fourth-order valence-electron chi connectivity index (χ4n) is 3.19. The molecule has 0 aliphatic heterocycles. The summed E-state index contributed by atoms with van der Waals surface area (Å²) in [6.07, 6.45) is 0. The van der Waals surface area contributed by atoms with Crippen molar-refractivity contribution in [3.05, 3.63) is 92.9 Å². The van der Waals surface area contributed by atoms with Crippen molar-refractivity contribution in [1.82, 2.24) is 0 Å². The van der Waals surface area contributed by atoms with Gasteiger partial charge in [0.05, 0.1) is 21.4 Å². The van der Waals surface area contributed by atoms with Crippen molar-refractivity contribution >= 4 is 88.6 Å². The monoisotopic (exact) mass is 574 g/mol. The van der Waals surface area contributed by atoms with Gasteiger partial charge in [0.2, 0.25) is 0 Å². The highest BCUT2D eigenvalue weighted by molar-refractivity contribution is 7.93. The minimum atomic E-state index is -4.20. The van der Waals surface area contributed by atoms with E-state index < -0.39 is 20.0 Å². The molecule has 2 N–H and O–H groups in total. The quantitative estimate of drug-likeness (QED) is 0.257. The van der Waals surface area contributed by atoms with Gasteiger partial charge < -0.3 is 0 Å². The van der Waals surface area contributed by atoms with Crippen molar-refractivity contribution in [2.75, 3.05) is 9.44 Å². The van der Waals surface area contributed by atoms with Crippen LogP contribution < -0.4 is 9.44 Å². The number of halogens is 4. The Labute approximate surface area is 216 Å². The Balaban J connectivity index is 1.82. The molecule has 0 aliphatic carbocycles. The molecule has 0 aliphatic rings. The highest BCUT2D eigenvalue weighted by atomic mass is 35.5. The van der Waals surface area contributed by atoms with E-state index in [0.717, 1.165) is 0 Å². The summed E-state index contributed by atoms with van der Waals surface area (Å²) in [5, 5.41) is 1.71. The largest absolute Gasteiger partial charge is 0.277 e. The van der Waals surface area contributed by atoms with E-state index in [1.807, 2.05) is 0 Å². The van der Waals surface area contributed by atoms with E-state index in [-0.39, 0.29) is 41.3 Å². The first-order valence-electron chi connectivity index (χ1n) is 9.45. The van der Waals surface area contributed by atoms with Crippen molar-refractivity contribution < 1.29 is 16.8 Å². The Morgan fingerprint density at radius 1 is 0.529 bits per heavy atom. The third-order valence-corrected chi connectivity index (χ3v) is 8.91. The zero-order valence-corrected chi connectivity index (χ0v) is 21.5. The molecule has 0 unspecified atom stereocenters. The van der Waals surface area contributed by atoms with Crippen molar-refractivity contribution in [2.24, 2.45) is 0 Å². The van der Waals surface area contributed by atoms with Gasteiger partial charge in [-0.1, -0.05) is 70.7 Å². The topological polar surface area (TPSA) is 92.3 Å². The van der Waals surface area contributed by atoms with Gasteiger partial charge >= 0.3 is 0 Å². The van der Waals surface area contributed by atoms with E-state index in [4.69, 9.17) is 46.4 Å². The minimum Gasteiger partial charge on any atom is -0.277 e. The molecular formula is C22H14Cl4N2O4S2. The molecule has 34 heavy (non-hydrogen) atoms. The van der Waals surface area contributed by atoms with Crippen molar-refractivity contribution in [2.45, 2.75) is 9.79 Å². The average molecular weight is 576 g/mol. The zero-order valence-electron chi connectivity index (χ0n) is 16.9. The van der Waals surface area contributed by atoms with Gasteiger partial charge in [0, 0.05) is 10.0 Å². The molecule has 4 rings (SSSR count). The average Bonchev–Trinajstić information content (AvgIpc) is 2.73. The lowest BCUT2D eigenvalue weighted by Gasteiger charge is -2.17. The molecular weight excluding hydrogens is 562 g/mol. The molecule has 4 aromatic carbocycles. The second-order valence-corrected chi connectivity index (χ2v) is 12.1. The lowest BCUT2D eigenvalue weighted by Crippen LogP contribution is -2.18. The van der Waals surface area contributed by atoms with Crippen LogP contribution in [0.1, 0.15) is 0 Å². The first-order chi connectivity index (χ1) is 16.0. The summed E-state index contributed by atoms with van der Waals surface area (Å²) in [6, 6.07) is 18.0. The molecule has 0 spiro atoms. The standard InChI is InChI=1S/C22H14Cl4N2O4S2/c23-15-5-7-21(17(25)11-15)33(29,30)27-19-9-13-3-1-2-4-14(13)10-20(19)28-34(31,32)22-8-6-16(24)12-18(22)26/h1-12,27-28H. The molecule has 0 heterocycles. The van der Waals surface area contributed by atoms with Gasteiger partial charge in [0.1, 0.15) is 9.79 Å².